The molecule has 5 heteroatoms. The maximum Gasteiger partial charge on any atom is 0.293 e. The van der Waals surface area contributed by atoms with E-state index in [1.54, 1.807) is 0 Å². The number of nitrogens with one attached hydrogen (secondary N) is 1. The monoisotopic (exact) mass is 229 g/mol. The molecule has 1 aromatic heterocycles. The largest absolute Gasteiger partial charge is 0.465 e. The molecular weight excluding hydrogens is 210 g/mol. The molecule has 0 bridgehead atoms. The number of hydrogen-bond acceptors (Lipinski definition) is 5. The third-order valence-corrected chi connectivity index (χ3v) is 2.48. The quantitative estimate of drug-likeness (QED) is 0.855. The van der Waals surface area contributed by atoms with Gasteiger partial charge in [-0.05, 0) is 14.0 Å². The van der Waals surface area contributed by atoms with E-state index in [1.165, 1.54) is 11.5 Å². The van der Waals surface area contributed by atoms with E-state index in [1.807, 2.05) is 14.0 Å². The van der Waals surface area contributed by atoms with Crippen molar-refractivity contribution in [1.82, 2.24) is 14.7 Å². The van der Waals surface area contributed by atoms with Gasteiger partial charge >= 0.3 is 0 Å². The molecule has 0 radical (unpaired) electrons. The van der Waals surface area contributed by atoms with Gasteiger partial charge in [-0.25, -0.2) is 0 Å². The zero-order chi connectivity index (χ0) is 11.5. The maximum absolute atomic E-state index is 5.61. The van der Waals surface area contributed by atoms with Crippen LogP contribution in [0.15, 0.2) is 0 Å². The minimum absolute atomic E-state index is 0.00957. The molecule has 0 amide bonds. The molecule has 0 saturated carbocycles. The van der Waals surface area contributed by atoms with Gasteiger partial charge in [0.1, 0.15) is 6.10 Å². The van der Waals surface area contributed by atoms with Gasteiger partial charge in [0, 0.05) is 23.5 Å². The van der Waals surface area contributed by atoms with Crippen LogP contribution < -0.4 is 10.1 Å². The summed E-state index contributed by atoms with van der Waals surface area (Å²) in [4.78, 5) is 4.36. The first-order valence-corrected chi connectivity index (χ1v) is 5.86. The third-order valence-electron chi connectivity index (χ3n) is 1.87. The van der Waals surface area contributed by atoms with Gasteiger partial charge in [-0.3, -0.25) is 0 Å². The smallest absolute Gasteiger partial charge is 0.293 e. The van der Waals surface area contributed by atoms with Crippen molar-refractivity contribution in [3.8, 4) is 5.19 Å². The van der Waals surface area contributed by atoms with E-state index >= 15 is 0 Å². The van der Waals surface area contributed by atoms with Crippen LogP contribution in [-0.2, 0) is 5.41 Å². The molecular formula is C10H19N3OS. The second-order valence-electron chi connectivity index (χ2n) is 4.62. The summed E-state index contributed by atoms with van der Waals surface area (Å²) in [6.07, 6.45) is 0.121. The lowest BCUT2D eigenvalue weighted by Gasteiger charge is -2.13. The summed E-state index contributed by atoms with van der Waals surface area (Å²) < 4.78 is 9.90. The van der Waals surface area contributed by atoms with Crippen molar-refractivity contribution in [3.63, 3.8) is 0 Å². The number of hydrogen-bond donors (Lipinski definition) is 1. The van der Waals surface area contributed by atoms with Crippen LogP contribution in [0.25, 0.3) is 0 Å². The topological polar surface area (TPSA) is 47.0 Å². The molecule has 0 aliphatic carbocycles. The molecule has 0 aliphatic heterocycles. The number of aromatic nitrogens is 2. The minimum Gasteiger partial charge on any atom is -0.465 e. The normalized spacial score (nSPS) is 13.9. The lowest BCUT2D eigenvalue weighted by atomic mass is 9.96. The van der Waals surface area contributed by atoms with Gasteiger partial charge in [-0.1, -0.05) is 20.8 Å². The second-order valence-corrected chi connectivity index (χ2v) is 5.33. The molecule has 15 heavy (non-hydrogen) atoms. The predicted molar refractivity (Wildman–Crippen MR) is 62.6 cm³/mol. The maximum atomic E-state index is 5.61. The molecule has 1 unspecified atom stereocenters. The molecule has 0 aromatic carbocycles. The van der Waals surface area contributed by atoms with E-state index < -0.39 is 0 Å². The number of likely N-dealkylation sites (N-methyl/N-ethyl adjacent to an activating group) is 1. The Hall–Kier alpha value is -0.680. The van der Waals surface area contributed by atoms with Crippen LogP contribution in [0.4, 0.5) is 0 Å². The lowest BCUT2D eigenvalue weighted by Crippen LogP contribution is -2.26. The van der Waals surface area contributed by atoms with Crippen molar-refractivity contribution >= 4 is 11.5 Å². The highest BCUT2D eigenvalue weighted by atomic mass is 32.1. The van der Waals surface area contributed by atoms with Crippen LogP contribution in [-0.4, -0.2) is 29.1 Å². The number of ether oxygens (including phenoxy) is 1. The molecule has 4 nitrogen and oxygen atoms in total. The minimum atomic E-state index is -0.00957. The summed E-state index contributed by atoms with van der Waals surface area (Å²) >= 11 is 1.32. The van der Waals surface area contributed by atoms with E-state index in [0.717, 1.165) is 12.4 Å². The Morgan fingerprint density at radius 1 is 1.47 bits per heavy atom. The number of nitrogens with zero attached hydrogens (tertiary/aromatic N) is 2. The van der Waals surface area contributed by atoms with Crippen LogP contribution in [0.2, 0.25) is 0 Å². The van der Waals surface area contributed by atoms with Gasteiger partial charge < -0.3 is 10.1 Å². The molecule has 0 aliphatic rings. The van der Waals surface area contributed by atoms with Gasteiger partial charge in [0.25, 0.3) is 5.19 Å². The standard InChI is InChI=1S/C10H19N3OS/c1-7(6-11-5)14-9-12-8(13-15-9)10(2,3)4/h7,11H,6H2,1-5H3. The second kappa shape index (κ2) is 4.90. The fourth-order valence-corrected chi connectivity index (χ4v) is 1.88. The number of rotatable bonds is 4. The Kier molecular flexibility index (Phi) is 4.04. The molecule has 1 aromatic rings. The summed E-state index contributed by atoms with van der Waals surface area (Å²) in [6, 6.07) is 0. The first-order chi connectivity index (χ1) is 6.93. The summed E-state index contributed by atoms with van der Waals surface area (Å²) in [5.41, 5.74) is -0.00957. The van der Waals surface area contributed by atoms with Gasteiger partial charge in [-0.15, -0.1) is 0 Å². The third kappa shape index (κ3) is 3.76. The summed E-state index contributed by atoms with van der Waals surface area (Å²) in [5.74, 6) is 0.846. The highest BCUT2D eigenvalue weighted by Gasteiger charge is 2.20. The van der Waals surface area contributed by atoms with Crippen molar-refractivity contribution in [1.29, 1.82) is 0 Å². The van der Waals surface area contributed by atoms with Crippen LogP contribution >= 0.6 is 11.5 Å². The fraction of sp³-hybridized carbons (Fsp3) is 0.800. The van der Waals surface area contributed by atoms with Crippen LogP contribution in [0, 0.1) is 0 Å². The zero-order valence-electron chi connectivity index (χ0n) is 10.00. The molecule has 1 atom stereocenters. The van der Waals surface area contributed by atoms with E-state index in [-0.39, 0.29) is 11.5 Å². The van der Waals surface area contributed by atoms with Crippen molar-refractivity contribution < 1.29 is 4.74 Å². The zero-order valence-corrected chi connectivity index (χ0v) is 10.8. The molecule has 1 N–H and O–H groups in total. The highest BCUT2D eigenvalue weighted by Crippen LogP contribution is 2.24. The molecule has 0 spiro atoms. The van der Waals surface area contributed by atoms with Crippen molar-refractivity contribution in [2.75, 3.05) is 13.6 Å². The molecule has 1 heterocycles. The Labute approximate surface area is 95.2 Å². The summed E-state index contributed by atoms with van der Waals surface area (Å²) in [7, 11) is 1.90. The van der Waals surface area contributed by atoms with Gasteiger partial charge in [0.2, 0.25) is 0 Å². The highest BCUT2D eigenvalue weighted by molar-refractivity contribution is 7.07. The van der Waals surface area contributed by atoms with Crippen molar-refractivity contribution in [3.05, 3.63) is 5.82 Å². The Morgan fingerprint density at radius 3 is 2.60 bits per heavy atom. The Morgan fingerprint density at radius 2 is 2.13 bits per heavy atom. The Balaban J connectivity index is 2.61. The van der Waals surface area contributed by atoms with E-state index in [9.17, 15) is 0 Å². The fourth-order valence-electron chi connectivity index (χ4n) is 1.06. The predicted octanol–water partition coefficient (Wildman–Crippen LogP) is 1.82. The average molecular weight is 229 g/mol. The first kappa shape index (κ1) is 12.4. The lowest BCUT2D eigenvalue weighted by molar-refractivity contribution is 0.218. The summed E-state index contributed by atoms with van der Waals surface area (Å²) in [6.45, 7) is 9.10. The van der Waals surface area contributed by atoms with E-state index in [2.05, 4.69) is 35.4 Å². The van der Waals surface area contributed by atoms with E-state index in [0.29, 0.717) is 5.19 Å². The van der Waals surface area contributed by atoms with Gasteiger partial charge in [0.15, 0.2) is 5.82 Å². The van der Waals surface area contributed by atoms with E-state index in [4.69, 9.17) is 4.74 Å². The molecule has 0 saturated heterocycles. The van der Waals surface area contributed by atoms with Crippen LogP contribution in [0.5, 0.6) is 5.19 Å². The van der Waals surface area contributed by atoms with Crippen molar-refractivity contribution in [2.24, 2.45) is 0 Å². The van der Waals surface area contributed by atoms with Crippen molar-refractivity contribution in [2.45, 2.75) is 39.2 Å². The Bertz CT molecular complexity index is 306. The van der Waals surface area contributed by atoms with Crippen LogP contribution in [0.3, 0.4) is 0 Å². The average Bonchev–Trinajstić information content (AvgIpc) is 2.52. The van der Waals surface area contributed by atoms with Gasteiger partial charge in [0.05, 0.1) is 0 Å². The molecule has 1 rings (SSSR count). The SMILES string of the molecule is CNCC(C)Oc1nc(C(C)(C)C)ns1. The van der Waals surface area contributed by atoms with Gasteiger partial charge in [-0.2, -0.15) is 9.36 Å². The molecule has 86 valence electrons. The first-order valence-electron chi connectivity index (χ1n) is 5.09. The molecule has 0 fully saturated rings. The van der Waals surface area contributed by atoms with Crippen LogP contribution in [0.1, 0.15) is 33.5 Å². The summed E-state index contributed by atoms with van der Waals surface area (Å²) in [5, 5.41) is 3.71.